The van der Waals surface area contributed by atoms with Crippen LogP contribution in [0.4, 0.5) is 0 Å². The summed E-state index contributed by atoms with van der Waals surface area (Å²) < 4.78 is 11.0. The maximum atomic E-state index is 11.8. The van der Waals surface area contributed by atoms with E-state index in [-0.39, 0.29) is 24.3 Å². The number of ether oxygens (including phenoxy) is 2. The number of rotatable bonds is 5. The lowest BCUT2D eigenvalue weighted by Gasteiger charge is -2.21. The summed E-state index contributed by atoms with van der Waals surface area (Å²) in [5.41, 5.74) is 0.951. The Morgan fingerprint density at radius 1 is 1.24 bits per heavy atom. The second-order valence-corrected chi connectivity index (χ2v) is 4.93. The molecule has 2 rings (SSSR count). The summed E-state index contributed by atoms with van der Waals surface area (Å²) in [6, 6.07) is 5.51. The van der Waals surface area contributed by atoms with Crippen LogP contribution >= 0.6 is 0 Å². The zero-order valence-electron chi connectivity index (χ0n) is 12.3. The quantitative estimate of drug-likeness (QED) is 0.854. The van der Waals surface area contributed by atoms with E-state index >= 15 is 0 Å². The number of nitrogens with one attached hydrogen (secondary N) is 2. The van der Waals surface area contributed by atoms with Crippen molar-refractivity contribution in [2.45, 2.75) is 26.3 Å². The molecule has 2 N–H and O–H groups in total. The van der Waals surface area contributed by atoms with Crippen LogP contribution in [0.2, 0.25) is 0 Å². The predicted molar refractivity (Wildman–Crippen MR) is 77.3 cm³/mol. The Kier molecular flexibility index (Phi) is 5.03. The maximum Gasteiger partial charge on any atom is 0.222 e. The molecular formula is C15H20N2O4. The predicted octanol–water partition coefficient (Wildman–Crippen LogP) is 1.16. The first-order chi connectivity index (χ1) is 10.1. The topological polar surface area (TPSA) is 76.7 Å². The molecule has 1 heterocycles. The third kappa shape index (κ3) is 4.37. The number of hydrogen-bond acceptors (Lipinski definition) is 4. The van der Waals surface area contributed by atoms with Crippen LogP contribution in [-0.2, 0) is 9.59 Å². The van der Waals surface area contributed by atoms with Gasteiger partial charge in [-0.1, -0.05) is 6.07 Å². The van der Waals surface area contributed by atoms with Crippen molar-refractivity contribution in [3.05, 3.63) is 23.8 Å². The molecule has 2 amide bonds. The van der Waals surface area contributed by atoms with E-state index < -0.39 is 0 Å². The molecule has 0 aromatic heterocycles. The molecule has 1 aromatic carbocycles. The van der Waals surface area contributed by atoms with Crippen molar-refractivity contribution in [2.75, 3.05) is 19.8 Å². The first kappa shape index (κ1) is 15.2. The average molecular weight is 292 g/mol. The average Bonchev–Trinajstić information content (AvgIpc) is 2.46. The van der Waals surface area contributed by atoms with E-state index in [0.717, 1.165) is 11.3 Å². The van der Waals surface area contributed by atoms with E-state index in [4.69, 9.17) is 9.47 Å². The fourth-order valence-electron chi connectivity index (χ4n) is 2.08. The van der Waals surface area contributed by atoms with Gasteiger partial charge in [0.15, 0.2) is 11.5 Å². The normalized spacial score (nSPS) is 14.2. The van der Waals surface area contributed by atoms with Crippen LogP contribution in [0.1, 0.15) is 31.9 Å². The Bertz CT molecular complexity index is 530. The molecule has 21 heavy (non-hydrogen) atoms. The molecule has 0 radical (unpaired) electrons. The van der Waals surface area contributed by atoms with Crippen molar-refractivity contribution in [2.24, 2.45) is 0 Å². The van der Waals surface area contributed by atoms with Gasteiger partial charge in [0, 0.05) is 19.9 Å². The molecule has 1 aromatic rings. The van der Waals surface area contributed by atoms with Crippen LogP contribution < -0.4 is 20.1 Å². The zero-order valence-corrected chi connectivity index (χ0v) is 12.3. The molecule has 1 atom stereocenters. The van der Waals surface area contributed by atoms with E-state index in [1.807, 2.05) is 25.1 Å². The van der Waals surface area contributed by atoms with Crippen LogP contribution in [0.3, 0.4) is 0 Å². The van der Waals surface area contributed by atoms with Crippen LogP contribution in [0.15, 0.2) is 18.2 Å². The van der Waals surface area contributed by atoms with Gasteiger partial charge in [0.25, 0.3) is 0 Å². The second-order valence-electron chi connectivity index (χ2n) is 4.93. The van der Waals surface area contributed by atoms with Crippen molar-refractivity contribution in [3.8, 4) is 11.5 Å². The lowest BCUT2D eigenvalue weighted by atomic mass is 10.1. The number of carbonyl (C=O) groups excluding carboxylic acids is 2. The Hall–Kier alpha value is -2.24. The van der Waals surface area contributed by atoms with Gasteiger partial charge in [-0.05, 0) is 24.6 Å². The molecule has 6 heteroatoms. The van der Waals surface area contributed by atoms with Gasteiger partial charge in [0.2, 0.25) is 11.8 Å². The van der Waals surface area contributed by atoms with Crippen LogP contribution in [0.25, 0.3) is 0 Å². The van der Waals surface area contributed by atoms with Crippen molar-refractivity contribution in [1.29, 1.82) is 0 Å². The van der Waals surface area contributed by atoms with Gasteiger partial charge >= 0.3 is 0 Å². The highest BCUT2D eigenvalue weighted by Gasteiger charge is 2.15. The molecule has 1 unspecified atom stereocenters. The highest BCUT2D eigenvalue weighted by molar-refractivity contribution is 5.78. The third-order valence-corrected chi connectivity index (χ3v) is 3.17. The highest BCUT2D eigenvalue weighted by Crippen LogP contribution is 2.32. The molecule has 0 fully saturated rings. The van der Waals surface area contributed by atoms with Crippen molar-refractivity contribution < 1.29 is 19.1 Å². The summed E-state index contributed by atoms with van der Waals surface area (Å²) in [5, 5.41) is 5.48. The lowest BCUT2D eigenvalue weighted by molar-refractivity contribution is -0.122. The standard InChI is InChI=1S/C15H20N2O4/c1-10(17-15(19)5-6-16-11(2)18)12-3-4-13-14(9-12)21-8-7-20-13/h3-4,9-10H,5-8H2,1-2H3,(H,16,18)(H,17,19). The largest absolute Gasteiger partial charge is 0.486 e. The van der Waals surface area contributed by atoms with E-state index in [0.29, 0.717) is 25.5 Å². The molecule has 1 aliphatic heterocycles. The molecule has 1 aliphatic rings. The summed E-state index contributed by atoms with van der Waals surface area (Å²) in [6.45, 7) is 4.77. The van der Waals surface area contributed by atoms with Gasteiger partial charge in [-0.3, -0.25) is 9.59 Å². The van der Waals surface area contributed by atoms with Gasteiger partial charge in [-0.15, -0.1) is 0 Å². The van der Waals surface area contributed by atoms with Gasteiger partial charge in [0.1, 0.15) is 13.2 Å². The summed E-state index contributed by atoms with van der Waals surface area (Å²) in [5.74, 6) is 1.20. The first-order valence-electron chi connectivity index (χ1n) is 6.99. The van der Waals surface area contributed by atoms with Crippen LogP contribution in [0, 0.1) is 0 Å². The number of carbonyl (C=O) groups is 2. The summed E-state index contributed by atoms with van der Waals surface area (Å²) in [7, 11) is 0. The molecule has 0 saturated carbocycles. The number of hydrogen-bond donors (Lipinski definition) is 2. The Morgan fingerprint density at radius 2 is 1.95 bits per heavy atom. The fraction of sp³-hybridized carbons (Fsp3) is 0.467. The minimum atomic E-state index is -0.136. The number of fused-ring (bicyclic) bond motifs is 1. The second kappa shape index (κ2) is 6.97. The zero-order chi connectivity index (χ0) is 15.2. The van der Waals surface area contributed by atoms with E-state index in [1.54, 1.807) is 0 Å². The van der Waals surface area contributed by atoms with Crippen molar-refractivity contribution in [1.82, 2.24) is 10.6 Å². The molecule has 6 nitrogen and oxygen atoms in total. The summed E-state index contributed by atoms with van der Waals surface area (Å²) in [4.78, 5) is 22.5. The lowest BCUT2D eigenvalue weighted by Crippen LogP contribution is -2.31. The SMILES string of the molecule is CC(=O)NCCC(=O)NC(C)c1ccc2c(c1)OCCO2. The molecule has 0 saturated heterocycles. The number of benzene rings is 1. The first-order valence-corrected chi connectivity index (χ1v) is 6.99. The van der Waals surface area contributed by atoms with Gasteiger partial charge in [0.05, 0.1) is 6.04 Å². The third-order valence-electron chi connectivity index (χ3n) is 3.17. The smallest absolute Gasteiger partial charge is 0.222 e. The Balaban J connectivity index is 1.89. The molecule has 0 spiro atoms. The summed E-state index contributed by atoms with van der Waals surface area (Å²) in [6.07, 6.45) is 0.258. The van der Waals surface area contributed by atoms with Crippen molar-refractivity contribution >= 4 is 11.8 Å². The van der Waals surface area contributed by atoms with E-state index in [9.17, 15) is 9.59 Å². The molecular weight excluding hydrogens is 272 g/mol. The van der Waals surface area contributed by atoms with Crippen LogP contribution in [0.5, 0.6) is 11.5 Å². The Labute approximate surface area is 123 Å². The minimum absolute atomic E-state index is 0.105. The minimum Gasteiger partial charge on any atom is -0.486 e. The molecule has 0 bridgehead atoms. The Morgan fingerprint density at radius 3 is 2.67 bits per heavy atom. The van der Waals surface area contributed by atoms with Gasteiger partial charge < -0.3 is 20.1 Å². The van der Waals surface area contributed by atoms with Crippen molar-refractivity contribution in [3.63, 3.8) is 0 Å². The van der Waals surface area contributed by atoms with Gasteiger partial charge in [-0.2, -0.15) is 0 Å². The van der Waals surface area contributed by atoms with E-state index in [1.165, 1.54) is 6.92 Å². The maximum absolute atomic E-state index is 11.8. The van der Waals surface area contributed by atoms with E-state index in [2.05, 4.69) is 10.6 Å². The van der Waals surface area contributed by atoms with Crippen LogP contribution in [-0.4, -0.2) is 31.6 Å². The molecule has 0 aliphatic carbocycles. The highest BCUT2D eigenvalue weighted by atomic mass is 16.6. The number of amides is 2. The van der Waals surface area contributed by atoms with Gasteiger partial charge in [-0.25, -0.2) is 0 Å². The molecule has 114 valence electrons. The summed E-state index contributed by atoms with van der Waals surface area (Å²) >= 11 is 0. The fourth-order valence-corrected chi connectivity index (χ4v) is 2.08. The monoisotopic (exact) mass is 292 g/mol.